The Balaban J connectivity index is 0.000000366. The quantitative estimate of drug-likeness (QED) is 0.145. The van der Waals surface area contributed by atoms with Crippen LogP contribution >= 0.6 is 23.4 Å². The van der Waals surface area contributed by atoms with Crippen LogP contribution in [0.15, 0.2) is 107 Å². The van der Waals surface area contributed by atoms with Crippen molar-refractivity contribution < 1.29 is 54.2 Å². The molecule has 2 heterocycles. The third-order valence-corrected chi connectivity index (χ3v) is 8.96. The van der Waals surface area contributed by atoms with E-state index in [4.69, 9.17) is 36.8 Å². The van der Waals surface area contributed by atoms with Crippen molar-refractivity contribution in [3.8, 4) is 0 Å². The van der Waals surface area contributed by atoms with Crippen molar-refractivity contribution >= 4 is 53.2 Å². The van der Waals surface area contributed by atoms with Gasteiger partial charge in [-0.1, -0.05) is 71.9 Å². The number of aliphatic hydroxyl groups is 1. The minimum absolute atomic E-state index is 0.272. The van der Waals surface area contributed by atoms with Crippen LogP contribution < -0.4 is 0 Å². The van der Waals surface area contributed by atoms with Gasteiger partial charge in [-0.3, -0.25) is 9.80 Å². The van der Waals surface area contributed by atoms with E-state index in [0.717, 1.165) is 37.6 Å². The molecule has 51 heavy (non-hydrogen) atoms. The second kappa shape index (κ2) is 20.6. The smallest absolute Gasteiger partial charge is 0.339 e. The van der Waals surface area contributed by atoms with E-state index in [0.29, 0.717) is 36.4 Å². The lowest BCUT2D eigenvalue weighted by molar-refractivity contribution is -0.154. The first kappa shape index (κ1) is 40.4. The average molecular weight is 741 g/mol. The number of hydrogen-bond donors (Lipinski definition) is 5. The number of rotatable bonds is 10. The maximum Gasteiger partial charge on any atom is 0.339 e. The summed E-state index contributed by atoms with van der Waals surface area (Å²) in [6, 6.07) is 24.1. The molecular weight excluding hydrogens is 704 g/mol. The summed E-state index contributed by atoms with van der Waals surface area (Å²) in [6.07, 6.45) is 1.96. The van der Waals surface area contributed by atoms with Gasteiger partial charge in [-0.25, -0.2) is 24.0 Å². The van der Waals surface area contributed by atoms with Crippen molar-refractivity contribution in [2.75, 3.05) is 39.3 Å². The lowest BCUT2D eigenvalue weighted by Gasteiger charge is -2.39. The molecule has 2 aliphatic heterocycles. The first-order valence-electron chi connectivity index (χ1n) is 15.5. The van der Waals surface area contributed by atoms with E-state index in [-0.39, 0.29) is 12.6 Å². The second-order valence-corrected chi connectivity index (χ2v) is 12.5. The van der Waals surface area contributed by atoms with Crippen molar-refractivity contribution in [3.05, 3.63) is 119 Å². The van der Waals surface area contributed by atoms with E-state index < -0.39 is 36.0 Å². The summed E-state index contributed by atoms with van der Waals surface area (Å²) in [7, 11) is 0. The fourth-order valence-corrected chi connectivity index (χ4v) is 6.41. The van der Waals surface area contributed by atoms with E-state index in [1.807, 2.05) is 23.9 Å². The molecule has 270 valence electrons. The number of hydrogen-bond acceptors (Lipinski definition) is 10. The number of piperazine rings is 1. The van der Waals surface area contributed by atoms with Gasteiger partial charge in [-0.05, 0) is 47.4 Å². The zero-order valence-electron chi connectivity index (χ0n) is 27.2. The number of carboxylic acid groups (broad SMARTS) is 4. The molecule has 13 nitrogen and oxygen atoms in total. The fourth-order valence-electron chi connectivity index (χ4n) is 5.12. The van der Waals surface area contributed by atoms with Crippen LogP contribution in [0.5, 0.6) is 0 Å². The number of aliphatic hydroxyl groups excluding tert-OH is 1. The third kappa shape index (κ3) is 14.0. The van der Waals surface area contributed by atoms with Crippen LogP contribution in [0.25, 0.3) is 0 Å². The molecule has 5 N–H and O–H groups in total. The number of carbonyl (C=O) groups is 5. The minimum Gasteiger partial charge on any atom is -0.478 e. The summed E-state index contributed by atoms with van der Waals surface area (Å²) in [5, 5.41) is 42.2. The summed E-state index contributed by atoms with van der Waals surface area (Å²) in [5.74, 6) is -5.63. The van der Waals surface area contributed by atoms with E-state index in [1.54, 1.807) is 24.3 Å². The highest BCUT2D eigenvalue weighted by Crippen LogP contribution is 2.43. The lowest BCUT2D eigenvalue weighted by Crippen LogP contribution is -2.48. The predicted molar refractivity (Wildman–Crippen MR) is 188 cm³/mol. The van der Waals surface area contributed by atoms with Crippen molar-refractivity contribution in [2.45, 2.75) is 28.4 Å². The molecule has 2 aliphatic rings. The Labute approximate surface area is 303 Å². The zero-order valence-corrected chi connectivity index (χ0v) is 28.8. The van der Waals surface area contributed by atoms with Gasteiger partial charge in [0, 0.05) is 77.9 Å². The first-order valence-corrected chi connectivity index (χ1v) is 16.7. The van der Waals surface area contributed by atoms with Gasteiger partial charge in [0.05, 0.1) is 0 Å². The molecule has 0 spiro atoms. The molecule has 1 fully saturated rings. The Bertz CT molecular complexity index is 1660. The highest BCUT2D eigenvalue weighted by atomic mass is 35.5. The van der Waals surface area contributed by atoms with Crippen molar-refractivity contribution in [2.24, 2.45) is 0 Å². The number of ether oxygens (including phenoxy) is 1. The van der Waals surface area contributed by atoms with E-state index in [2.05, 4.69) is 46.2 Å². The number of esters is 1. The Morgan fingerprint density at radius 3 is 1.88 bits per heavy atom. The van der Waals surface area contributed by atoms with Crippen LogP contribution in [0.1, 0.15) is 28.8 Å². The van der Waals surface area contributed by atoms with Gasteiger partial charge in [-0.15, -0.1) is 0 Å². The number of fused-ring (bicyclic) bond motifs is 2. The van der Waals surface area contributed by atoms with Crippen LogP contribution in [0.2, 0.25) is 5.02 Å². The van der Waals surface area contributed by atoms with Crippen LogP contribution in [-0.2, 0) is 35.1 Å². The third-order valence-electron chi connectivity index (χ3n) is 7.51. The summed E-state index contributed by atoms with van der Waals surface area (Å²) < 4.78 is 5.36. The monoisotopic (exact) mass is 740 g/mol. The normalized spacial score (nSPS) is 16.2. The summed E-state index contributed by atoms with van der Waals surface area (Å²) in [6.45, 7) is 4.61. The van der Waals surface area contributed by atoms with Gasteiger partial charge in [0.15, 0.2) is 6.10 Å². The number of aliphatic carboxylic acids is 4. The molecule has 2 atom stereocenters. The molecule has 15 heteroatoms. The molecule has 0 aliphatic carbocycles. The number of halogens is 1. The molecule has 0 bridgehead atoms. The topological polar surface area (TPSA) is 202 Å². The summed E-state index contributed by atoms with van der Waals surface area (Å²) in [4.78, 5) is 57.9. The fraction of sp³-hybridized carbons (Fsp3) is 0.250. The predicted octanol–water partition coefficient (Wildman–Crippen LogP) is 4.41. The highest BCUT2D eigenvalue weighted by molar-refractivity contribution is 7.99. The van der Waals surface area contributed by atoms with Crippen LogP contribution in [0.4, 0.5) is 0 Å². The molecule has 1 saturated heterocycles. The molecule has 3 aromatic carbocycles. The number of carbonyl (C=O) groups excluding carboxylic acids is 1. The van der Waals surface area contributed by atoms with E-state index in [9.17, 15) is 29.1 Å². The van der Waals surface area contributed by atoms with Gasteiger partial charge >= 0.3 is 29.8 Å². The van der Waals surface area contributed by atoms with Gasteiger partial charge in [-0.2, -0.15) is 0 Å². The number of carboxylic acids is 4. The average Bonchev–Trinajstić information content (AvgIpc) is 3.27. The molecule has 0 aromatic heterocycles. The standard InChI is InChI=1S/C28H29ClN2O3S.2C4H4O4/c29-22-10-11-26-23(19-22)24(18-21-8-4-5-9-25(21)35-26)31-14-12-30(13-15-31)16-17-34-28(33)27(32)20-6-2-1-3-7-20;2*5-3(6)1-2-4(7)8/h1-11,19,24,27,32H,12-18H2;2*1-2H,(H,5,6)(H,7,8)/b;2*2-1-. The number of nitrogens with zero attached hydrogens (tertiary/aromatic N) is 2. The maximum atomic E-state index is 12.2. The Hall–Kier alpha value is -4.99. The second-order valence-electron chi connectivity index (χ2n) is 11.0. The first-order chi connectivity index (χ1) is 24.3. The van der Waals surface area contributed by atoms with Gasteiger partial charge in [0.1, 0.15) is 6.61 Å². The molecule has 0 amide bonds. The zero-order chi connectivity index (χ0) is 37.3. The van der Waals surface area contributed by atoms with Gasteiger partial charge in [0.2, 0.25) is 0 Å². The molecule has 3 aromatic rings. The maximum absolute atomic E-state index is 12.2. The van der Waals surface area contributed by atoms with E-state index in [1.165, 1.54) is 20.9 Å². The van der Waals surface area contributed by atoms with Crippen molar-refractivity contribution in [3.63, 3.8) is 0 Å². The summed E-state index contributed by atoms with van der Waals surface area (Å²) >= 11 is 8.25. The molecule has 0 saturated carbocycles. The van der Waals surface area contributed by atoms with Crippen molar-refractivity contribution in [1.29, 1.82) is 0 Å². The Morgan fingerprint density at radius 1 is 0.765 bits per heavy atom. The molecule has 2 unspecified atom stereocenters. The van der Waals surface area contributed by atoms with Crippen LogP contribution in [0.3, 0.4) is 0 Å². The van der Waals surface area contributed by atoms with Gasteiger partial charge in [0.25, 0.3) is 0 Å². The molecular formula is C36H37ClN2O11S. The van der Waals surface area contributed by atoms with E-state index >= 15 is 0 Å². The minimum atomic E-state index is -1.26. The Kier molecular flexibility index (Phi) is 16.4. The van der Waals surface area contributed by atoms with Gasteiger partial charge < -0.3 is 30.3 Å². The molecule has 5 rings (SSSR count). The molecule has 0 radical (unpaired) electrons. The number of benzene rings is 3. The van der Waals surface area contributed by atoms with Crippen LogP contribution in [0, 0.1) is 0 Å². The lowest BCUT2D eigenvalue weighted by atomic mass is 9.96. The Morgan fingerprint density at radius 2 is 1.31 bits per heavy atom. The highest BCUT2D eigenvalue weighted by Gasteiger charge is 2.30. The summed E-state index contributed by atoms with van der Waals surface area (Å²) in [5.41, 5.74) is 3.23. The van der Waals surface area contributed by atoms with Crippen LogP contribution in [-0.4, -0.2) is 105 Å². The largest absolute Gasteiger partial charge is 0.478 e. The SMILES string of the molecule is O=C(O)/C=C\C(=O)O.O=C(O)/C=C\C(=O)O.O=C(OCCN1CCN(C2Cc3ccccc3Sc3ccc(Cl)cc32)CC1)C(O)c1ccccc1. The van der Waals surface area contributed by atoms with Crippen molar-refractivity contribution in [1.82, 2.24) is 9.80 Å².